The Bertz CT molecular complexity index is 1690. The van der Waals surface area contributed by atoms with Gasteiger partial charge in [0, 0.05) is 24.0 Å². The number of hydrogen-bond acceptors (Lipinski definition) is 7. The molecule has 3 heterocycles. The van der Waals surface area contributed by atoms with Gasteiger partial charge in [-0.1, -0.05) is 24.3 Å². The van der Waals surface area contributed by atoms with Crippen LogP contribution in [0.4, 0.5) is 13.2 Å². The molecule has 2 aromatic carbocycles. The molecule has 4 aromatic rings. The lowest BCUT2D eigenvalue weighted by Gasteiger charge is -2.43. The fourth-order valence-electron chi connectivity index (χ4n) is 5.60. The third-order valence-electron chi connectivity index (χ3n) is 7.94. The van der Waals surface area contributed by atoms with Crippen LogP contribution in [0.25, 0.3) is 22.4 Å². The summed E-state index contributed by atoms with van der Waals surface area (Å²) in [6, 6.07) is 12.2. The first kappa shape index (κ1) is 27.7. The number of oxazole rings is 1. The minimum Gasteiger partial charge on any atom is -0.494 e. The van der Waals surface area contributed by atoms with Crippen LogP contribution in [0.3, 0.4) is 0 Å². The standard InChI is InChI=1S/C30H28F3N5O4/c1-16(34)25-24(26(39)37-29(12-5-13-29)28(40)38-14-17-6-3-4-7-18(17)15-38)36-27(42-25)20-8-10-21(41-2)23-19(20)9-11-22(35-23)30(31,32)33/h3-4,6-11,16H,5,12-15,34H2,1-2H3,(H,37,39)/t16-/m0/s1. The highest BCUT2D eigenvalue weighted by atomic mass is 19.4. The number of carbonyl (C=O) groups is 2. The van der Waals surface area contributed by atoms with Crippen molar-refractivity contribution in [1.29, 1.82) is 0 Å². The summed E-state index contributed by atoms with van der Waals surface area (Å²) in [6.07, 6.45) is -2.90. The Morgan fingerprint density at radius 2 is 1.76 bits per heavy atom. The van der Waals surface area contributed by atoms with E-state index < -0.39 is 29.4 Å². The lowest BCUT2D eigenvalue weighted by Crippen LogP contribution is -2.63. The van der Waals surface area contributed by atoms with Crippen LogP contribution in [0, 0.1) is 0 Å². The van der Waals surface area contributed by atoms with E-state index in [0.717, 1.165) is 23.6 Å². The van der Waals surface area contributed by atoms with Crippen LogP contribution in [-0.4, -0.2) is 39.3 Å². The van der Waals surface area contributed by atoms with E-state index >= 15 is 0 Å². The summed E-state index contributed by atoms with van der Waals surface area (Å²) in [5.74, 6) is -0.576. The molecule has 1 aliphatic heterocycles. The first-order valence-electron chi connectivity index (χ1n) is 13.5. The maximum absolute atomic E-state index is 13.7. The highest BCUT2D eigenvalue weighted by Gasteiger charge is 2.49. The summed E-state index contributed by atoms with van der Waals surface area (Å²) in [5.41, 5.74) is 6.32. The molecule has 9 nitrogen and oxygen atoms in total. The number of nitrogens with two attached hydrogens (primary N) is 1. The number of amides is 2. The molecule has 1 saturated carbocycles. The van der Waals surface area contributed by atoms with Gasteiger partial charge in [0.15, 0.2) is 11.5 Å². The van der Waals surface area contributed by atoms with Gasteiger partial charge in [-0.05, 0) is 61.6 Å². The molecule has 1 atom stereocenters. The molecule has 1 fully saturated rings. The van der Waals surface area contributed by atoms with Crippen molar-refractivity contribution in [2.75, 3.05) is 7.11 Å². The lowest BCUT2D eigenvalue weighted by molar-refractivity contribution is -0.142. The Morgan fingerprint density at radius 3 is 2.33 bits per heavy atom. The molecule has 0 unspecified atom stereocenters. The molecular weight excluding hydrogens is 551 g/mol. The average molecular weight is 580 g/mol. The summed E-state index contributed by atoms with van der Waals surface area (Å²) in [7, 11) is 1.33. The van der Waals surface area contributed by atoms with E-state index in [2.05, 4.69) is 15.3 Å². The number of alkyl halides is 3. The molecule has 3 N–H and O–H groups in total. The number of benzene rings is 2. The Labute approximate surface area is 238 Å². The van der Waals surface area contributed by atoms with E-state index in [1.165, 1.54) is 19.2 Å². The largest absolute Gasteiger partial charge is 0.494 e. The van der Waals surface area contributed by atoms with Gasteiger partial charge in [-0.2, -0.15) is 13.2 Å². The second kappa shape index (κ2) is 10.1. The highest BCUT2D eigenvalue weighted by Crippen LogP contribution is 2.39. The number of halogens is 3. The summed E-state index contributed by atoms with van der Waals surface area (Å²) in [4.78, 5) is 37.3. The van der Waals surface area contributed by atoms with Crippen LogP contribution >= 0.6 is 0 Å². The van der Waals surface area contributed by atoms with Crippen LogP contribution < -0.4 is 15.8 Å². The summed E-state index contributed by atoms with van der Waals surface area (Å²) >= 11 is 0. The molecule has 2 aromatic heterocycles. The van der Waals surface area contributed by atoms with Crippen LogP contribution in [0.1, 0.15) is 65.3 Å². The number of hydrogen-bond donors (Lipinski definition) is 2. The fraction of sp³-hybridized carbons (Fsp3) is 0.333. The third-order valence-corrected chi connectivity index (χ3v) is 7.94. The molecule has 42 heavy (non-hydrogen) atoms. The number of carbonyl (C=O) groups excluding carboxylic acids is 2. The summed E-state index contributed by atoms with van der Waals surface area (Å²) in [5, 5.41) is 3.21. The van der Waals surface area contributed by atoms with Gasteiger partial charge in [0.2, 0.25) is 11.8 Å². The van der Waals surface area contributed by atoms with Crippen molar-refractivity contribution in [2.24, 2.45) is 5.73 Å². The predicted octanol–water partition coefficient (Wildman–Crippen LogP) is 5.13. The van der Waals surface area contributed by atoms with Crippen molar-refractivity contribution in [3.63, 3.8) is 0 Å². The maximum atomic E-state index is 13.7. The van der Waals surface area contributed by atoms with Gasteiger partial charge in [-0.3, -0.25) is 9.59 Å². The van der Waals surface area contributed by atoms with Crippen molar-refractivity contribution in [3.05, 3.63) is 76.8 Å². The van der Waals surface area contributed by atoms with Crippen molar-refractivity contribution < 1.29 is 31.9 Å². The molecular formula is C30H28F3N5O4. The van der Waals surface area contributed by atoms with Gasteiger partial charge in [0.1, 0.15) is 22.5 Å². The molecule has 2 amide bonds. The smallest absolute Gasteiger partial charge is 0.433 e. The topological polar surface area (TPSA) is 124 Å². The molecule has 0 bridgehead atoms. The van der Waals surface area contributed by atoms with Gasteiger partial charge >= 0.3 is 6.18 Å². The second-order valence-electron chi connectivity index (χ2n) is 10.7. The van der Waals surface area contributed by atoms with Crippen molar-refractivity contribution in [1.82, 2.24) is 20.2 Å². The molecule has 0 saturated heterocycles. The molecule has 218 valence electrons. The van der Waals surface area contributed by atoms with E-state index in [9.17, 15) is 22.8 Å². The second-order valence-corrected chi connectivity index (χ2v) is 10.7. The van der Waals surface area contributed by atoms with Crippen LogP contribution in [-0.2, 0) is 24.1 Å². The molecule has 0 radical (unpaired) electrons. The van der Waals surface area contributed by atoms with Crippen molar-refractivity contribution in [3.8, 4) is 17.2 Å². The number of methoxy groups -OCH3 is 1. The Morgan fingerprint density at radius 1 is 1.07 bits per heavy atom. The van der Waals surface area contributed by atoms with Gasteiger partial charge in [0.05, 0.1) is 13.2 Å². The molecule has 12 heteroatoms. The molecule has 6 rings (SSSR count). The zero-order valence-corrected chi connectivity index (χ0v) is 22.9. The summed E-state index contributed by atoms with van der Waals surface area (Å²) < 4.78 is 51.3. The fourth-order valence-corrected chi connectivity index (χ4v) is 5.60. The molecule has 2 aliphatic rings. The van der Waals surface area contributed by atoms with Gasteiger partial charge in [-0.25, -0.2) is 9.97 Å². The number of rotatable bonds is 6. The normalized spacial score (nSPS) is 16.6. The van der Waals surface area contributed by atoms with Gasteiger partial charge in [0.25, 0.3) is 5.91 Å². The monoisotopic (exact) mass is 579 g/mol. The molecule has 1 aliphatic carbocycles. The average Bonchev–Trinajstić information content (AvgIpc) is 3.58. The minimum atomic E-state index is -4.65. The first-order chi connectivity index (χ1) is 20.0. The van der Waals surface area contributed by atoms with Gasteiger partial charge in [-0.15, -0.1) is 0 Å². The van der Waals surface area contributed by atoms with Crippen molar-refractivity contribution >= 4 is 22.7 Å². The number of nitrogens with one attached hydrogen (secondary N) is 1. The number of ether oxygens (including phenoxy) is 1. The molecule has 0 spiro atoms. The summed E-state index contributed by atoms with van der Waals surface area (Å²) in [6.45, 7) is 2.57. The Hall–Kier alpha value is -4.45. The number of fused-ring (bicyclic) bond motifs is 2. The SMILES string of the molecule is COc1ccc(-c2nc(C(=O)NC3(C(=O)N4Cc5ccccc5C4)CCC3)c([C@H](C)N)o2)c2ccc(C(F)(F)F)nc12. The van der Waals surface area contributed by atoms with Gasteiger partial charge < -0.3 is 25.1 Å². The highest BCUT2D eigenvalue weighted by molar-refractivity contribution is 6.01. The maximum Gasteiger partial charge on any atom is 0.433 e. The van der Waals surface area contributed by atoms with E-state index in [4.69, 9.17) is 14.9 Å². The van der Waals surface area contributed by atoms with E-state index in [1.54, 1.807) is 17.9 Å². The number of aromatic nitrogens is 2. The van der Waals surface area contributed by atoms with Crippen LogP contribution in [0.5, 0.6) is 5.75 Å². The van der Waals surface area contributed by atoms with Crippen LogP contribution in [0.15, 0.2) is 52.9 Å². The van der Waals surface area contributed by atoms with Crippen LogP contribution in [0.2, 0.25) is 0 Å². The number of nitrogens with zero attached hydrogens (tertiary/aromatic N) is 3. The zero-order chi connectivity index (χ0) is 29.8. The third kappa shape index (κ3) is 4.65. The van der Waals surface area contributed by atoms with Crippen molar-refractivity contribution in [2.45, 2.75) is 57.0 Å². The first-order valence-corrected chi connectivity index (χ1v) is 13.5. The quantitative estimate of drug-likeness (QED) is 0.325. The van der Waals surface area contributed by atoms with E-state index in [1.807, 2.05) is 24.3 Å². The Kier molecular flexibility index (Phi) is 6.68. The zero-order valence-electron chi connectivity index (χ0n) is 22.9. The Balaban J connectivity index is 1.33. The lowest BCUT2D eigenvalue weighted by atomic mass is 9.75. The minimum absolute atomic E-state index is 0.0226. The van der Waals surface area contributed by atoms with E-state index in [0.29, 0.717) is 31.5 Å². The predicted molar refractivity (Wildman–Crippen MR) is 146 cm³/mol. The van der Waals surface area contributed by atoms with E-state index in [-0.39, 0.29) is 39.9 Å². The number of pyridine rings is 1.